The molecule has 23 heavy (non-hydrogen) atoms. The van der Waals surface area contributed by atoms with Crippen molar-refractivity contribution in [3.8, 4) is 0 Å². The van der Waals surface area contributed by atoms with Gasteiger partial charge in [0.2, 0.25) is 0 Å². The summed E-state index contributed by atoms with van der Waals surface area (Å²) in [4.78, 5) is 29.3. The molecule has 2 N–H and O–H groups in total. The number of carbonyl (C=O) groups is 2. The standard InChI is InChI=1S/C12H14N4O5S.Na.H/c17-11-10-9(16(11)22(19,20)21)4-6-15(10)12(18)14-7-8-3-1-2-5-13-8;;/h1-3,5,9-10H,4,6-7H2,(H,14,18)(H,19,20,21);;/q;+1;-1/t9-,10+;;/m1../s1. The predicted molar refractivity (Wildman–Crippen MR) is 74.9 cm³/mol. The normalized spacial score (nSPS) is 22.9. The molecule has 0 radical (unpaired) electrons. The molecule has 0 unspecified atom stereocenters. The molecular formula is C12H15N4NaO5S. The summed E-state index contributed by atoms with van der Waals surface area (Å²) in [5.41, 5.74) is 0.672. The fourth-order valence-corrected chi connectivity index (χ4v) is 3.71. The van der Waals surface area contributed by atoms with Crippen molar-refractivity contribution in [2.45, 2.75) is 25.0 Å². The minimum Gasteiger partial charge on any atom is -1.00 e. The van der Waals surface area contributed by atoms with Crippen molar-refractivity contribution in [3.05, 3.63) is 30.1 Å². The van der Waals surface area contributed by atoms with E-state index in [1.807, 2.05) is 0 Å². The van der Waals surface area contributed by atoms with Crippen LogP contribution < -0.4 is 34.9 Å². The quantitative estimate of drug-likeness (QED) is 0.332. The Labute approximate surface area is 156 Å². The van der Waals surface area contributed by atoms with E-state index in [1.54, 1.807) is 24.4 Å². The van der Waals surface area contributed by atoms with Crippen molar-refractivity contribution in [2.75, 3.05) is 6.54 Å². The third-order valence-electron chi connectivity index (χ3n) is 3.79. The van der Waals surface area contributed by atoms with E-state index >= 15 is 0 Å². The van der Waals surface area contributed by atoms with Crippen molar-refractivity contribution >= 4 is 22.2 Å². The number of β-lactam (4-membered cyclic amide) rings is 1. The fourth-order valence-electron chi connectivity index (χ4n) is 2.81. The number of likely N-dealkylation sites (tertiary alicyclic amines) is 1. The molecule has 1 aromatic heterocycles. The zero-order chi connectivity index (χ0) is 15.9. The summed E-state index contributed by atoms with van der Waals surface area (Å²) in [7, 11) is -4.56. The van der Waals surface area contributed by atoms with Gasteiger partial charge in [-0.15, -0.1) is 0 Å². The molecule has 11 heteroatoms. The Bertz CT molecular complexity index is 719. The van der Waals surface area contributed by atoms with E-state index in [9.17, 15) is 18.0 Å². The summed E-state index contributed by atoms with van der Waals surface area (Å²) in [5, 5.41) is 2.64. The molecule has 2 fully saturated rings. The molecule has 2 atom stereocenters. The molecule has 1 aromatic rings. The Morgan fingerprint density at radius 1 is 1.48 bits per heavy atom. The van der Waals surface area contributed by atoms with E-state index in [2.05, 4.69) is 10.3 Å². The molecule has 3 heterocycles. The van der Waals surface area contributed by atoms with Gasteiger partial charge in [-0.25, -0.2) is 9.10 Å². The number of rotatable bonds is 3. The van der Waals surface area contributed by atoms with Gasteiger partial charge in [0.15, 0.2) is 0 Å². The number of fused-ring (bicyclic) bond motifs is 1. The van der Waals surface area contributed by atoms with Crippen LogP contribution in [0.15, 0.2) is 24.4 Å². The number of nitrogens with zero attached hydrogens (tertiary/aromatic N) is 3. The van der Waals surface area contributed by atoms with Gasteiger partial charge in [0.25, 0.3) is 5.91 Å². The number of urea groups is 1. The van der Waals surface area contributed by atoms with Gasteiger partial charge in [0.05, 0.1) is 18.3 Å². The van der Waals surface area contributed by atoms with Crippen LogP contribution in [0, 0.1) is 0 Å². The van der Waals surface area contributed by atoms with Crippen molar-refractivity contribution in [1.82, 2.24) is 19.5 Å². The van der Waals surface area contributed by atoms with Gasteiger partial charge in [-0.3, -0.25) is 14.3 Å². The number of aromatic nitrogens is 1. The van der Waals surface area contributed by atoms with Crippen LogP contribution in [0.3, 0.4) is 0 Å². The maximum Gasteiger partial charge on any atom is 1.00 e. The second-order valence-corrected chi connectivity index (χ2v) is 6.37. The third kappa shape index (κ3) is 3.36. The summed E-state index contributed by atoms with van der Waals surface area (Å²) >= 11 is 0. The molecule has 9 nitrogen and oxygen atoms in total. The zero-order valence-electron chi connectivity index (χ0n) is 13.4. The molecule has 120 valence electrons. The van der Waals surface area contributed by atoms with Crippen LogP contribution in [-0.2, 0) is 21.6 Å². The Balaban J connectivity index is 0.00000144. The van der Waals surface area contributed by atoms with E-state index in [4.69, 9.17) is 4.55 Å². The van der Waals surface area contributed by atoms with Crippen molar-refractivity contribution in [3.63, 3.8) is 0 Å². The zero-order valence-corrected chi connectivity index (χ0v) is 15.2. The van der Waals surface area contributed by atoms with Gasteiger partial charge in [-0.1, -0.05) is 6.07 Å². The first kappa shape index (κ1) is 18.1. The second-order valence-electron chi connectivity index (χ2n) is 5.09. The van der Waals surface area contributed by atoms with E-state index in [0.29, 0.717) is 16.4 Å². The summed E-state index contributed by atoms with van der Waals surface area (Å²) < 4.78 is 31.6. The maximum atomic E-state index is 12.1. The summed E-state index contributed by atoms with van der Waals surface area (Å²) in [5.74, 6) is -0.780. The first-order valence-corrected chi connectivity index (χ1v) is 8.04. The van der Waals surface area contributed by atoms with Crippen LogP contribution in [0.1, 0.15) is 13.5 Å². The Morgan fingerprint density at radius 2 is 2.22 bits per heavy atom. The molecule has 0 aliphatic carbocycles. The molecule has 0 spiro atoms. The number of carbonyl (C=O) groups excluding carboxylic acids is 2. The number of amides is 3. The summed E-state index contributed by atoms with van der Waals surface area (Å²) in [6.45, 7) is 0.463. The van der Waals surface area contributed by atoms with Gasteiger partial charge in [-0.05, 0) is 18.6 Å². The SMILES string of the molecule is O=C(NCc1ccccn1)N1CC[C@@H]2[C@H]1C(=O)N2S(=O)(=O)O.[H-].[Na+]. The molecule has 3 rings (SSSR count). The molecule has 3 amide bonds. The largest absolute Gasteiger partial charge is 1.00 e. The Morgan fingerprint density at radius 3 is 2.83 bits per heavy atom. The molecular weight excluding hydrogens is 335 g/mol. The first-order valence-electron chi connectivity index (χ1n) is 6.64. The molecule has 0 aromatic carbocycles. The van der Waals surface area contributed by atoms with Crippen molar-refractivity contribution in [2.24, 2.45) is 0 Å². The van der Waals surface area contributed by atoms with Crippen molar-refractivity contribution < 1.29 is 53.5 Å². The van der Waals surface area contributed by atoms with E-state index < -0.39 is 34.3 Å². The summed E-state index contributed by atoms with van der Waals surface area (Å²) in [6, 6.07) is 3.34. The van der Waals surface area contributed by atoms with Gasteiger partial charge >= 0.3 is 45.9 Å². The van der Waals surface area contributed by atoms with E-state index in [1.165, 1.54) is 4.90 Å². The van der Waals surface area contributed by atoms with Gasteiger partial charge in [0.1, 0.15) is 6.04 Å². The molecule has 0 saturated carbocycles. The van der Waals surface area contributed by atoms with Gasteiger partial charge in [-0.2, -0.15) is 8.42 Å². The van der Waals surface area contributed by atoms with Crippen LogP contribution in [0.25, 0.3) is 0 Å². The topological polar surface area (TPSA) is 120 Å². The number of nitrogens with one attached hydrogen (secondary N) is 1. The van der Waals surface area contributed by atoms with Crippen LogP contribution in [0.4, 0.5) is 4.79 Å². The maximum absolute atomic E-state index is 12.1. The monoisotopic (exact) mass is 350 g/mol. The van der Waals surface area contributed by atoms with E-state index in [-0.39, 0.29) is 44.1 Å². The number of hydrogen-bond donors (Lipinski definition) is 2. The molecule has 2 saturated heterocycles. The van der Waals surface area contributed by atoms with Crippen molar-refractivity contribution in [1.29, 1.82) is 0 Å². The Hall–Kier alpha value is -1.20. The fraction of sp³-hybridized carbons (Fsp3) is 0.417. The van der Waals surface area contributed by atoms with Crippen LogP contribution in [-0.4, -0.2) is 57.7 Å². The Kier molecular flexibility index (Phi) is 5.31. The average molecular weight is 350 g/mol. The minimum absolute atomic E-state index is 0. The van der Waals surface area contributed by atoms with Crippen LogP contribution >= 0.6 is 0 Å². The molecule has 0 bridgehead atoms. The summed E-state index contributed by atoms with van der Waals surface area (Å²) in [6.07, 6.45) is 1.92. The minimum atomic E-state index is -4.56. The number of pyridine rings is 1. The smallest absolute Gasteiger partial charge is 1.00 e. The molecule has 2 aliphatic rings. The first-order chi connectivity index (χ1) is 10.4. The van der Waals surface area contributed by atoms with E-state index in [0.717, 1.165) is 0 Å². The van der Waals surface area contributed by atoms with Crippen LogP contribution in [0.5, 0.6) is 0 Å². The van der Waals surface area contributed by atoms with Gasteiger partial charge in [0, 0.05) is 12.7 Å². The number of hydrogen-bond acceptors (Lipinski definition) is 5. The second kappa shape index (κ2) is 6.73. The average Bonchev–Trinajstić information content (AvgIpc) is 2.83. The third-order valence-corrected chi connectivity index (χ3v) is 4.74. The van der Waals surface area contributed by atoms with Crippen LogP contribution in [0.2, 0.25) is 0 Å². The molecule has 2 aliphatic heterocycles. The van der Waals surface area contributed by atoms with Gasteiger partial charge < -0.3 is 11.6 Å². The predicted octanol–water partition coefficient (Wildman–Crippen LogP) is -3.50.